The van der Waals surface area contributed by atoms with Crippen molar-refractivity contribution in [3.8, 4) is 0 Å². The summed E-state index contributed by atoms with van der Waals surface area (Å²) in [5, 5.41) is 3.36. The maximum Gasteiger partial charge on any atom is 0.306 e. The number of esters is 1. The summed E-state index contributed by atoms with van der Waals surface area (Å²) < 4.78 is 6.83. The number of aromatic nitrogens is 2. The van der Waals surface area contributed by atoms with Crippen LogP contribution in [0.2, 0.25) is 0 Å². The summed E-state index contributed by atoms with van der Waals surface area (Å²) in [6, 6.07) is 17.5. The fourth-order valence-corrected chi connectivity index (χ4v) is 4.44. The van der Waals surface area contributed by atoms with E-state index in [9.17, 15) is 14.4 Å². The molecule has 3 aromatic rings. The minimum absolute atomic E-state index is 0.0590. The molecule has 1 fully saturated rings. The average Bonchev–Trinajstić information content (AvgIpc) is 3.67. The monoisotopic (exact) mass is 465 g/mol. The molecule has 1 heterocycles. The molecule has 1 aromatic heterocycles. The van der Waals surface area contributed by atoms with Gasteiger partial charge in [-0.1, -0.05) is 30.3 Å². The molecule has 2 aromatic carbocycles. The molecule has 7 nitrogen and oxygen atoms in total. The zero-order valence-electron chi connectivity index (χ0n) is 18.4. The number of aryl methyl sites for hydroxylation is 1. The van der Waals surface area contributed by atoms with E-state index >= 15 is 0 Å². The first-order chi connectivity index (χ1) is 16.1. The standard InChI is InChI=1S/C25H27N3O4S/c29-23(26-15-6-16-33-19-7-2-1-3-8-19)17-32-24(30)14-13-22-27-21-10-5-4-9-20(21)25(31)28(22)18-11-12-18/h1-5,7-10,18H,6,11-17H2,(H,26,29). The van der Waals surface area contributed by atoms with E-state index in [2.05, 4.69) is 22.4 Å². The highest BCUT2D eigenvalue weighted by atomic mass is 32.2. The van der Waals surface area contributed by atoms with Crippen LogP contribution in [-0.4, -0.2) is 40.3 Å². The van der Waals surface area contributed by atoms with Gasteiger partial charge in [-0.15, -0.1) is 11.8 Å². The molecule has 1 amide bonds. The Morgan fingerprint density at radius 3 is 2.64 bits per heavy atom. The van der Waals surface area contributed by atoms with Gasteiger partial charge in [0.1, 0.15) is 5.82 Å². The predicted molar refractivity (Wildman–Crippen MR) is 128 cm³/mol. The van der Waals surface area contributed by atoms with E-state index in [0.717, 1.165) is 25.0 Å². The fourth-order valence-electron chi connectivity index (χ4n) is 3.57. The van der Waals surface area contributed by atoms with Crippen molar-refractivity contribution in [2.75, 3.05) is 18.9 Å². The number of thioether (sulfide) groups is 1. The number of hydrogen-bond donors (Lipinski definition) is 1. The third-order valence-electron chi connectivity index (χ3n) is 5.37. The number of carbonyl (C=O) groups is 2. The van der Waals surface area contributed by atoms with Gasteiger partial charge in [-0.25, -0.2) is 4.98 Å². The van der Waals surface area contributed by atoms with Crippen LogP contribution in [0.3, 0.4) is 0 Å². The molecule has 0 radical (unpaired) electrons. The van der Waals surface area contributed by atoms with Crippen molar-refractivity contribution < 1.29 is 14.3 Å². The molecule has 0 atom stereocenters. The maximum atomic E-state index is 12.9. The average molecular weight is 466 g/mol. The Bertz CT molecular complexity index is 1180. The van der Waals surface area contributed by atoms with E-state index in [1.165, 1.54) is 4.90 Å². The summed E-state index contributed by atoms with van der Waals surface area (Å²) in [5.41, 5.74) is 0.573. The molecule has 0 spiro atoms. The van der Waals surface area contributed by atoms with Gasteiger partial charge < -0.3 is 10.1 Å². The van der Waals surface area contributed by atoms with Crippen molar-refractivity contribution in [1.82, 2.24) is 14.9 Å². The maximum absolute atomic E-state index is 12.9. The van der Waals surface area contributed by atoms with E-state index in [1.54, 1.807) is 28.5 Å². The van der Waals surface area contributed by atoms with Crippen molar-refractivity contribution in [3.63, 3.8) is 0 Å². The molecular weight excluding hydrogens is 438 g/mol. The molecule has 0 saturated heterocycles. The van der Waals surface area contributed by atoms with Gasteiger partial charge in [0.25, 0.3) is 11.5 Å². The highest BCUT2D eigenvalue weighted by molar-refractivity contribution is 7.99. The van der Waals surface area contributed by atoms with Crippen LogP contribution in [0.5, 0.6) is 0 Å². The normalized spacial score (nSPS) is 13.1. The van der Waals surface area contributed by atoms with Crippen LogP contribution >= 0.6 is 11.8 Å². The number of fused-ring (bicyclic) bond motifs is 1. The quantitative estimate of drug-likeness (QED) is 0.265. The van der Waals surface area contributed by atoms with E-state index < -0.39 is 5.97 Å². The molecule has 1 aliphatic rings. The summed E-state index contributed by atoms with van der Waals surface area (Å²) in [6.07, 6.45) is 3.08. The number of nitrogens with zero attached hydrogens (tertiary/aromatic N) is 2. The van der Waals surface area contributed by atoms with Gasteiger partial charge in [0.15, 0.2) is 6.61 Å². The van der Waals surface area contributed by atoms with Crippen LogP contribution < -0.4 is 10.9 Å². The molecule has 172 valence electrons. The van der Waals surface area contributed by atoms with Gasteiger partial charge in [-0.2, -0.15) is 0 Å². The highest BCUT2D eigenvalue weighted by Gasteiger charge is 2.28. The summed E-state index contributed by atoms with van der Waals surface area (Å²) in [7, 11) is 0. The minimum Gasteiger partial charge on any atom is -0.456 e. The van der Waals surface area contributed by atoms with E-state index in [1.807, 2.05) is 30.3 Å². The molecule has 0 aliphatic heterocycles. The topological polar surface area (TPSA) is 90.3 Å². The van der Waals surface area contributed by atoms with Crippen LogP contribution in [0.15, 0.2) is 64.3 Å². The van der Waals surface area contributed by atoms with E-state index in [4.69, 9.17) is 4.74 Å². The molecule has 0 bridgehead atoms. The van der Waals surface area contributed by atoms with Gasteiger partial charge in [-0.05, 0) is 49.3 Å². The van der Waals surface area contributed by atoms with Crippen molar-refractivity contribution in [2.24, 2.45) is 0 Å². The van der Waals surface area contributed by atoms with Crippen molar-refractivity contribution in [2.45, 2.75) is 43.0 Å². The Labute approximate surface area is 196 Å². The van der Waals surface area contributed by atoms with Gasteiger partial charge in [0.2, 0.25) is 0 Å². The lowest BCUT2D eigenvalue weighted by Crippen LogP contribution is -2.30. The summed E-state index contributed by atoms with van der Waals surface area (Å²) >= 11 is 1.74. The number of hydrogen-bond acceptors (Lipinski definition) is 6. The fraction of sp³-hybridized carbons (Fsp3) is 0.360. The molecular formula is C25H27N3O4S. The van der Waals surface area contributed by atoms with Gasteiger partial charge in [0, 0.05) is 23.9 Å². The number of rotatable bonds is 11. The van der Waals surface area contributed by atoms with Gasteiger partial charge in [0.05, 0.1) is 17.3 Å². The lowest BCUT2D eigenvalue weighted by Gasteiger charge is -2.12. The van der Waals surface area contributed by atoms with Crippen molar-refractivity contribution in [1.29, 1.82) is 0 Å². The Morgan fingerprint density at radius 2 is 1.85 bits per heavy atom. The number of benzene rings is 2. The first kappa shape index (κ1) is 23.0. The molecule has 1 N–H and O–H groups in total. The largest absolute Gasteiger partial charge is 0.456 e. The first-order valence-electron chi connectivity index (χ1n) is 11.2. The first-order valence-corrected chi connectivity index (χ1v) is 12.2. The predicted octanol–water partition coefficient (Wildman–Crippen LogP) is 3.51. The van der Waals surface area contributed by atoms with Crippen LogP contribution in [0.25, 0.3) is 10.9 Å². The number of nitrogens with one attached hydrogen (secondary N) is 1. The second-order valence-electron chi connectivity index (χ2n) is 7.98. The molecule has 0 unspecified atom stereocenters. The highest BCUT2D eigenvalue weighted by Crippen LogP contribution is 2.34. The van der Waals surface area contributed by atoms with E-state index in [0.29, 0.717) is 29.7 Å². The van der Waals surface area contributed by atoms with Gasteiger partial charge in [-0.3, -0.25) is 19.0 Å². The van der Waals surface area contributed by atoms with Gasteiger partial charge >= 0.3 is 5.97 Å². The molecule has 1 saturated carbocycles. The Balaban J connectivity index is 1.20. The summed E-state index contributed by atoms with van der Waals surface area (Å²) in [5.74, 6) is 0.700. The molecule has 1 aliphatic carbocycles. The van der Waals surface area contributed by atoms with Crippen LogP contribution in [0.1, 0.15) is 37.5 Å². The smallest absolute Gasteiger partial charge is 0.306 e. The van der Waals surface area contributed by atoms with E-state index in [-0.39, 0.29) is 30.5 Å². The van der Waals surface area contributed by atoms with Crippen LogP contribution in [-0.2, 0) is 20.7 Å². The van der Waals surface area contributed by atoms with Crippen LogP contribution in [0.4, 0.5) is 0 Å². The summed E-state index contributed by atoms with van der Waals surface area (Å²) in [4.78, 5) is 42.8. The molecule has 8 heteroatoms. The lowest BCUT2D eigenvalue weighted by molar-refractivity contribution is -0.148. The number of amides is 1. The number of para-hydroxylation sites is 1. The zero-order chi connectivity index (χ0) is 23.0. The lowest BCUT2D eigenvalue weighted by atomic mass is 10.2. The minimum atomic E-state index is -0.477. The Kier molecular flexibility index (Phi) is 7.78. The third-order valence-corrected chi connectivity index (χ3v) is 6.46. The number of ether oxygens (including phenoxy) is 1. The molecule has 33 heavy (non-hydrogen) atoms. The molecule has 4 rings (SSSR count). The third kappa shape index (κ3) is 6.44. The second-order valence-corrected chi connectivity index (χ2v) is 9.15. The van der Waals surface area contributed by atoms with Crippen LogP contribution in [0, 0.1) is 0 Å². The Hall–Kier alpha value is -3.13. The SMILES string of the molecule is O=C(COC(=O)CCc1nc2ccccc2c(=O)n1C1CC1)NCCCSc1ccccc1. The van der Waals surface area contributed by atoms with Crippen molar-refractivity contribution in [3.05, 3.63) is 70.8 Å². The second kappa shape index (κ2) is 11.1. The Morgan fingerprint density at radius 1 is 1.09 bits per heavy atom. The number of carbonyl (C=O) groups excluding carboxylic acids is 2. The van der Waals surface area contributed by atoms with Crippen molar-refractivity contribution >= 4 is 34.5 Å². The zero-order valence-corrected chi connectivity index (χ0v) is 19.2. The summed E-state index contributed by atoms with van der Waals surface area (Å²) in [6.45, 7) is 0.232.